The van der Waals surface area contributed by atoms with Crippen LogP contribution < -0.4 is 10.6 Å². The van der Waals surface area contributed by atoms with Crippen molar-refractivity contribution in [1.29, 1.82) is 0 Å². The summed E-state index contributed by atoms with van der Waals surface area (Å²) in [4.78, 5) is 9.53. The maximum atomic E-state index is 5.49. The summed E-state index contributed by atoms with van der Waals surface area (Å²) in [5.74, 6) is 1.63. The summed E-state index contributed by atoms with van der Waals surface area (Å²) >= 11 is 0. The minimum absolute atomic E-state index is 0.516. The van der Waals surface area contributed by atoms with E-state index < -0.39 is 0 Å². The Morgan fingerprint density at radius 2 is 2.09 bits per heavy atom. The van der Waals surface area contributed by atoms with Crippen LogP contribution in [-0.4, -0.2) is 86.9 Å². The Morgan fingerprint density at radius 3 is 2.78 bits per heavy atom. The van der Waals surface area contributed by atoms with Gasteiger partial charge in [-0.3, -0.25) is 14.8 Å². The van der Waals surface area contributed by atoms with E-state index in [-0.39, 0.29) is 0 Å². The third kappa shape index (κ3) is 4.58. The van der Waals surface area contributed by atoms with Crippen molar-refractivity contribution in [2.75, 3.05) is 53.0 Å². The maximum Gasteiger partial charge on any atom is 0.191 e. The first-order valence-electron chi connectivity index (χ1n) is 9.20. The van der Waals surface area contributed by atoms with E-state index in [2.05, 4.69) is 39.3 Å². The topological polar surface area (TPSA) is 52.1 Å². The number of aliphatic imine (C=N–C) groups is 1. The lowest BCUT2D eigenvalue weighted by Gasteiger charge is -2.33. The lowest BCUT2D eigenvalue weighted by molar-refractivity contribution is 0.000875. The highest BCUT2D eigenvalue weighted by atomic mass is 16.5. The zero-order valence-corrected chi connectivity index (χ0v) is 14.9. The number of nitrogens with one attached hydrogen (secondary N) is 2. The number of guanidine groups is 1. The Hall–Kier alpha value is -0.850. The second kappa shape index (κ2) is 7.81. The molecule has 1 saturated carbocycles. The van der Waals surface area contributed by atoms with E-state index in [0.29, 0.717) is 18.0 Å². The molecule has 0 aromatic carbocycles. The number of rotatable bonds is 5. The first-order valence-corrected chi connectivity index (χ1v) is 9.20. The molecule has 3 unspecified atom stereocenters. The molecule has 2 aliphatic heterocycles. The van der Waals surface area contributed by atoms with Crippen molar-refractivity contribution < 1.29 is 4.74 Å². The first kappa shape index (κ1) is 17.0. The van der Waals surface area contributed by atoms with Gasteiger partial charge in [0.1, 0.15) is 0 Å². The molecular weight excluding hydrogens is 290 g/mol. The minimum Gasteiger partial charge on any atom is -0.379 e. The molecule has 1 aliphatic carbocycles. The first-order chi connectivity index (χ1) is 11.2. The lowest BCUT2D eigenvalue weighted by atomic mass is 10.1. The van der Waals surface area contributed by atoms with E-state index in [4.69, 9.17) is 4.74 Å². The summed E-state index contributed by atoms with van der Waals surface area (Å²) in [5.41, 5.74) is 0. The lowest BCUT2D eigenvalue weighted by Crippen LogP contribution is -2.50. The fraction of sp³-hybridized carbons (Fsp3) is 0.941. The maximum absolute atomic E-state index is 5.49. The SMILES string of the molecule is CN=C(NCCN1CCOCC1C)NC1CN(C2CC2)CC1C. The molecule has 132 valence electrons. The average molecular weight is 323 g/mol. The molecule has 3 fully saturated rings. The predicted molar refractivity (Wildman–Crippen MR) is 93.9 cm³/mol. The van der Waals surface area contributed by atoms with Gasteiger partial charge in [-0.1, -0.05) is 6.92 Å². The number of morpholine rings is 1. The quantitative estimate of drug-likeness (QED) is 0.565. The molecule has 2 N–H and O–H groups in total. The van der Waals surface area contributed by atoms with Gasteiger partial charge in [-0.2, -0.15) is 0 Å². The fourth-order valence-corrected chi connectivity index (χ4v) is 3.71. The Bertz CT molecular complexity index is 412. The van der Waals surface area contributed by atoms with Gasteiger partial charge in [-0.05, 0) is 25.7 Å². The summed E-state index contributed by atoms with van der Waals surface area (Å²) in [6, 6.07) is 1.90. The highest BCUT2D eigenvalue weighted by Crippen LogP contribution is 2.31. The normalized spacial score (nSPS) is 33.9. The molecule has 0 spiro atoms. The standard InChI is InChI=1S/C17H33N5O/c1-13-10-22(15-4-5-15)11-16(13)20-17(18-3)19-6-7-21-8-9-23-12-14(21)2/h13-16H,4-12H2,1-3H3,(H2,18,19,20). The van der Waals surface area contributed by atoms with E-state index in [0.717, 1.165) is 51.4 Å². The van der Waals surface area contributed by atoms with Crippen LogP contribution in [0.4, 0.5) is 0 Å². The van der Waals surface area contributed by atoms with Gasteiger partial charge >= 0.3 is 0 Å². The van der Waals surface area contributed by atoms with Crippen LogP contribution in [0.2, 0.25) is 0 Å². The van der Waals surface area contributed by atoms with Gasteiger partial charge in [0.15, 0.2) is 5.96 Å². The smallest absolute Gasteiger partial charge is 0.191 e. The number of ether oxygens (including phenoxy) is 1. The largest absolute Gasteiger partial charge is 0.379 e. The Balaban J connectivity index is 1.39. The second-order valence-corrected chi connectivity index (χ2v) is 7.37. The number of hydrogen-bond acceptors (Lipinski definition) is 4. The van der Waals surface area contributed by atoms with Crippen LogP contribution in [0, 0.1) is 5.92 Å². The van der Waals surface area contributed by atoms with E-state index >= 15 is 0 Å². The van der Waals surface area contributed by atoms with Gasteiger partial charge in [0.25, 0.3) is 0 Å². The summed E-state index contributed by atoms with van der Waals surface area (Å²) in [7, 11) is 1.87. The van der Waals surface area contributed by atoms with Gasteiger partial charge in [-0.15, -0.1) is 0 Å². The molecule has 0 radical (unpaired) electrons. The van der Waals surface area contributed by atoms with E-state index in [9.17, 15) is 0 Å². The molecule has 2 saturated heterocycles. The van der Waals surface area contributed by atoms with Crippen molar-refractivity contribution in [3.05, 3.63) is 0 Å². The van der Waals surface area contributed by atoms with E-state index in [1.165, 1.54) is 19.4 Å². The summed E-state index contributed by atoms with van der Waals surface area (Å²) in [6.07, 6.45) is 2.79. The number of nitrogens with zero attached hydrogens (tertiary/aromatic N) is 3. The molecule has 0 aromatic heterocycles. The molecule has 0 amide bonds. The number of hydrogen-bond donors (Lipinski definition) is 2. The molecule has 3 aliphatic rings. The van der Waals surface area contributed by atoms with Crippen LogP contribution in [0.5, 0.6) is 0 Å². The van der Waals surface area contributed by atoms with Crippen LogP contribution in [0.25, 0.3) is 0 Å². The Kier molecular flexibility index (Phi) is 5.77. The van der Waals surface area contributed by atoms with Crippen molar-refractivity contribution >= 4 is 5.96 Å². The molecule has 3 rings (SSSR count). The second-order valence-electron chi connectivity index (χ2n) is 7.37. The highest BCUT2D eigenvalue weighted by Gasteiger charge is 2.38. The van der Waals surface area contributed by atoms with Crippen LogP contribution in [-0.2, 0) is 4.74 Å². The van der Waals surface area contributed by atoms with Crippen molar-refractivity contribution in [3.8, 4) is 0 Å². The minimum atomic E-state index is 0.516. The van der Waals surface area contributed by atoms with Gasteiger partial charge in [-0.25, -0.2) is 0 Å². The van der Waals surface area contributed by atoms with E-state index in [1.54, 1.807) is 0 Å². The monoisotopic (exact) mass is 323 g/mol. The van der Waals surface area contributed by atoms with E-state index in [1.807, 2.05) is 7.05 Å². The molecule has 23 heavy (non-hydrogen) atoms. The van der Waals surface area contributed by atoms with Crippen molar-refractivity contribution in [2.24, 2.45) is 10.9 Å². The van der Waals surface area contributed by atoms with Crippen LogP contribution in [0.1, 0.15) is 26.7 Å². The van der Waals surface area contributed by atoms with Gasteiger partial charge < -0.3 is 15.4 Å². The molecule has 2 heterocycles. The third-order valence-electron chi connectivity index (χ3n) is 5.45. The van der Waals surface area contributed by atoms with Crippen molar-refractivity contribution in [2.45, 2.75) is 44.8 Å². The third-order valence-corrected chi connectivity index (χ3v) is 5.45. The van der Waals surface area contributed by atoms with Gasteiger partial charge in [0.2, 0.25) is 0 Å². The zero-order chi connectivity index (χ0) is 16.2. The molecule has 3 atom stereocenters. The summed E-state index contributed by atoms with van der Waals surface area (Å²) in [5, 5.41) is 7.11. The fourth-order valence-electron chi connectivity index (χ4n) is 3.71. The van der Waals surface area contributed by atoms with Crippen LogP contribution >= 0.6 is 0 Å². The predicted octanol–water partition coefficient (Wildman–Crippen LogP) is 0.355. The van der Waals surface area contributed by atoms with Crippen molar-refractivity contribution in [1.82, 2.24) is 20.4 Å². The van der Waals surface area contributed by atoms with Crippen LogP contribution in [0.3, 0.4) is 0 Å². The summed E-state index contributed by atoms with van der Waals surface area (Å²) < 4.78 is 5.49. The molecular formula is C17H33N5O. The molecule has 6 nitrogen and oxygen atoms in total. The Labute approximate surface area is 140 Å². The molecule has 6 heteroatoms. The van der Waals surface area contributed by atoms with Gasteiger partial charge in [0, 0.05) is 57.9 Å². The number of likely N-dealkylation sites (tertiary alicyclic amines) is 1. The summed E-state index contributed by atoms with van der Waals surface area (Å²) in [6.45, 7) is 11.7. The molecule has 0 bridgehead atoms. The zero-order valence-electron chi connectivity index (χ0n) is 14.9. The molecule has 0 aromatic rings. The Morgan fingerprint density at radius 1 is 1.26 bits per heavy atom. The van der Waals surface area contributed by atoms with Gasteiger partial charge in [0.05, 0.1) is 13.2 Å². The average Bonchev–Trinajstić information content (AvgIpc) is 3.33. The van der Waals surface area contributed by atoms with Crippen LogP contribution in [0.15, 0.2) is 4.99 Å². The highest BCUT2D eigenvalue weighted by molar-refractivity contribution is 5.80. The van der Waals surface area contributed by atoms with Crippen molar-refractivity contribution in [3.63, 3.8) is 0 Å².